The number of carbonyl (C=O) groups is 1. The van der Waals surface area contributed by atoms with Crippen molar-refractivity contribution in [1.29, 1.82) is 0 Å². The molecule has 0 unspecified atom stereocenters. The van der Waals surface area contributed by atoms with Gasteiger partial charge in [0.05, 0.1) is 23.1 Å². The Hall–Kier alpha value is -3.04. The molecule has 1 aliphatic heterocycles. The fraction of sp³-hybridized carbons (Fsp3) is 0.500. The van der Waals surface area contributed by atoms with Crippen molar-refractivity contribution >= 4 is 16.9 Å². The number of nitrogens with zero attached hydrogens (tertiary/aromatic N) is 3. The van der Waals surface area contributed by atoms with Crippen molar-refractivity contribution in [2.45, 2.75) is 57.5 Å². The van der Waals surface area contributed by atoms with E-state index in [1.165, 1.54) is 6.20 Å². The number of fused-ring (bicyclic) bond motifs is 1. The molecule has 1 N–H and O–H groups in total. The molecule has 3 aromatic heterocycles. The zero-order valence-electron chi connectivity index (χ0n) is 19.7. The van der Waals surface area contributed by atoms with Gasteiger partial charge in [-0.1, -0.05) is 12.8 Å². The maximum absolute atomic E-state index is 14.9. The normalized spacial score (nSPS) is 20.9. The molecule has 36 heavy (non-hydrogen) atoms. The summed E-state index contributed by atoms with van der Waals surface area (Å²) >= 11 is 0. The van der Waals surface area contributed by atoms with Crippen molar-refractivity contribution < 1.29 is 26.7 Å². The Morgan fingerprint density at radius 3 is 2.58 bits per heavy atom. The zero-order valence-corrected chi connectivity index (χ0v) is 19.7. The molecule has 3 aromatic rings. The minimum atomic E-state index is -4.85. The molecule has 192 valence electrons. The Bertz CT molecular complexity index is 1270. The highest BCUT2D eigenvalue weighted by molar-refractivity contribution is 5.93. The third-order valence-corrected chi connectivity index (χ3v) is 7.40. The van der Waals surface area contributed by atoms with Gasteiger partial charge in [0.1, 0.15) is 17.3 Å². The number of rotatable bonds is 5. The molecule has 2 fully saturated rings. The van der Waals surface area contributed by atoms with Gasteiger partial charge >= 0.3 is 6.18 Å². The number of likely N-dealkylation sites (tertiary alicyclic amines) is 1. The van der Waals surface area contributed by atoms with Crippen LogP contribution in [-0.2, 0) is 17.4 Å². The van der Waals surface area contributed by atoms with Gasteiger partial charge in [-0.25, -0.2) is 18.7 Å². The van der Waals surface area contributed by atoms with E-state index in [2.05, 4.69) is 15.0 Å². The van der Waals surface area contributed by atoms with Crippen molar-refractivity contribution in [2.24, 2.45) is 11.8 Å². The molecule has 1 aliphatic carbocycles. The molecule has 5 nitrogen and oxygen atoms in total. The number of alkyl halides is 3. The first-order valence-electron chi connectivity index (χ1n) is 12.4. The Morgan fingerprint density at radius 2 is 1.83 bits per heavy atom. The number of H-pyrrole nitrogens is 1. The van der Waals surface area contributed by atoms with Gasteiger partial charge in [-0.05, 0) is 56.1 Å². The number of aromatic nitrogens is 3. The predicted octanol–water partition coefficient (Wildman–Crippen LogP) is 6.28. The van der Waals surface area contributed by atoms with Gasteiger partial charge in [0, 0.05) is 36.7 Å². The van der Waals surface area contributed by atoms with Gasteiger partial charge in [-0.15, -0.1) is 0 Å². The molecule has 0 aromatic carbocycles. The molecule has 4 heterocycles. The summed E-state index contributed by atoms with van der Waals surface area (Å²) in [4.78, 5) is 25.3. The van der Waals surface area contributed by atoms with Gasteiger partial charge in [-0.2, -0.15) is 13.2 Å². The molecule has 0 bridgehead atoms. The molecule has 10 heteroatoms. The molecule has 1 saturated heterocycles. The van der Waals surface area contributed by atoms with Crippen LogP contribution >= 0.6 is 0 Å². The lowest BCUT2D eigenvalue weighted by molar-refractivity contribution is -0.137. The smallest absolute Gasteiger partial charge is 0.345 e. The minimum Gasteiger partial charge on any atom is -0.345 e. The molecule has 0 spiro atoms. The predicted molar refractivity (Wildman–Crippen MR) is 124 cm³/mol. The number of pyridine rings is 2. The molecule has 2 atom stereocenters. The van der Waals surface area contributed by atoms with Crippen molar-refractivity contribution in [3.63, 3.8) is 0 Å². The highest BCUT2D eigenvalue weighted by atomic mass is 19.4. The van der Waals surface area contributed by atoms with E-state index >= 15 is 0 Å². The van der Waals surface area contributed by atoms with E-state index in [4.69, 9.17) is 0 Å². The minimum absolute atomic E-state index is 0.0169. The average molecular weight is 507 g/mol. The van der Waals surface area contributed by atoms with Gasteiger partial charge in [0.2, 0.25) is 5.91 Å². The van der Waals surface area contributed by atoms with Crippen LogP contribution in [0, 0.1) is 23.5 Å². The summed E-state index contributed by atoms with van der Waals surface area (Å²) < 4.78 is 70.3. The molecule has 2 aliphatic rings. The Balaban J connectivity index is 1.41. The second-order valence-corrected chi connectivity index (χ2v) is 9.96. The third kappa shape index (κ3) is 5.08. The standard InChI is InChI=1S/C26H27F5N4O/c27-17-11-18-19(14-33-25(18)32-13-17)24-20(26(29,30)31)12-21(28)22(34-24)9-15-4-3-5-16(8-15)10-23(36)35-6-1-2-7-35/h11-16H,1-10H2,(H,32,33)/t15-,16+/m0/s1. The van der Waals surface area contributed by atoms with E-state index in [1.54, 1.807) is 0 Å². The maximum Gasteiger partial charge on any atom is 0.418 e. The van der Waals surface area contributed by atoms with Crippen LogP contribution in [0.15, 0.2) is 24.5 Å². The van der Waals surface area contributed by atoms with Crippen molar-refractivity contribution in [2.75, 3.05) is 13.1 Å². The number of amides is 1. The molecule has 5 rings (SSSR count). The summed E-state index contributed by atoms with van der Waals surface area (Å²) in [5.41, 5.74) is -1.48. The largest absolute Gasteiger partial charge is 0.418 e. The zero-order chi connectivity index (χ0) is 25.4. The van der Waals surface area contributed by atoms with Crippen LogP contribution in [0.1, 0.15) is 56.2 Å². The van der Waals surface area contributed by atoms with E-state index in [0.717, 1.165) is 57.5 Å². The van der Waals surface area contributed by atoms with E-state index in [-0.39, 0.29) is 46.5 Å². The molecule has 0 radical (unpaired) electrons. The lowest BCUT2D eigenvalue weighted by atomic mass is 9.77. The monoisotopic (exact) mass is 506 g/mol. The number of hydrogen-bond acceptors (Lipinski definition) is 3. The number of nitrogens with one attached hydrogen (secondary N) is 1. The van der Waals surface area contributed by atoms with E-state index in [0.29, 0.717) is 18.9 Å². The molecule has 1 amide bonds. The van der Waals surface area contributed by atoms with Crippen LogP contribution in [0.3, 0.4) is 0 Å². The van der Waals surface area contributed by atoms with Crippen molar-refractivity contribution in [3.05, 3.63) is 47.4 Å². The van der Waals surface area contributed by atoms with Gasteiger partial charge < -0.3 is 9.88 Å². The van der Waals surface area contributed by atoms with Crippen LogP contribution in [0.5, 0.6) is 0 Å². The number of halogens is 5. The fourth-order valence-corrected chi connectivity index (χ4v) is 5.65. The second kappa shape index (κ2) is 9.78. The quantitative estimate of drug-likeness (QED) is 0.414. The SMILES string of the molecule is O=C(C[C@@H]1CCC[C@H](Cc2nc(-c3c[nH]c4ncc(F)cc34)c(C(F)(F)F)cc2F)C1)N1CCCC1. The average Bonchev–Trinajstić information content (AvgIpc) is 3.50. The van der Waals surface area contributed by atoms with Crippen LogP contribution in [-0.4, -0.2) is 38.8 Å². The lowest BCUT2D eigenvalue weighted by Gasteiger charge is -2.30. The van der Waals surface area contributed by atoms with Crippen LogP contribution < -0.4 is 0 Å². The fourth-order valence-electron chi connectivity index (χ4n) is 5.65. The highest BCUT2D eigenvalue weighted by Gasteiger charge is 2.37. The van der Waals surface area contributed by atoms with Crippen molar-refractivity contribution in [3.8, 4) is 11.3 Å². The van der Waals surface area contributed by atoms with Crippen molar-refractivity contribution in [1.82, 2.24) is 19.9 Å². The van der Waals surface area contributed by atoms with Gasteiger partial charge in [0.15, 0.2) is 0 Å². The highest BCUT2D eigenvalue weighted by Crippen LogP contribution is 2.40. The summed E-state index contributed by atoms with van der Waals surface area (Å²) in [6.07, 6.45) is 3.40. The lowest BCUT2D eigenvalue weighted by Crippen LogP contribution is -2.31. The van der Waals surface area contributed by atoms with E-state index in [9.17, 15) is 26.7 Å². The maximum atomic E-state index is 14.9. The van der Waals surface area contributed by atoms with E-state index < -0.39 is 29.1 Å². The summed E-state index contributed by atoms with van der Waals surface area (Å²) in [5, 5.41) is 0.142. The topological polar surface area (TPSA) is 61.9 Å². The van der Waals surface area contributed by atoms with Crippen LogP contribution in [0.4, 0.5) is 22.0 Å². The van der Waals surface area contributed by atoms with E-state index in [1.807, 2.05) is 4.90 Å². The Kier molecular flexibility index (Phi) is 6.70. The molecular formula is C26H27F5N4O. The second-order valence-electron chi connectivity index (χ2n) is 9.96. The summed E-state index contributed by atoms with van der Waals surface area (Å²) in [7, 11) is 0. The first kappa shape index (κ1) is 24.6. The number of carbonyl (C=O) groups excluding carboxylic acids is 1. The number of hydrogen-bond donors (Lipinski definition) is 1. The van der Waals surface area contributed by atoms with Crippen LogP contribution in [0.25, 0.3) is 22.3 Å². The first-order chi connectivity index (χ1) is 17.2. The van der Waals surface area contributed by atoms with Crippen LogP contribution in [0.2, 0.25) is 0 Å². The summed E-state index contributed by atoms with van der Waals surface area (Å²) in [6, 6.07) is 1.57. The number of aromatic amines is 1. The van der Waals surface area contributed by atoms with Gasteiger partial charge in [-0.3, -0.25) is 4.79 Å². The molecule has 1 saturated carbocycles. The molecular weight excluding hydrogens is 479 g/mol. The third-order valence-electron chi connectivity index (χ3n) is 7.40. The summed E-state index contributed by atoms with van der Waals surface area (Å²) in [5.74, 6) is -1.36. The Labute approximate surface area is 205 Å². The first-order valence-corrected chi connectivity index (χ1v) is 12.4. The summed E-state index contributed by atoms with van der Waals surface area (Å²) in [6.45, 7) is 1.59. The Morgan fingerprint density at radius 1 is 1.08 bits per heavy atom. The van der Waals surface area contributed by atoms with Gasteiger partial charge in [0.25, 0.3) is 0 Å².